The van der Waals surface area contributed by atoms with Crippen LogP contribution >= 0.6 is 0 Å². The summed E-state index contributed by atoms with van der Waals surface area (Å²) in [6.45, 7) is 0.420. The normalized spacial score (nSPS) is 9.06. The fourth-order valence-corrected chi connectivity index (χ4v) is 0.643. The number of carbonyl (C=O) groups is 1. The van der Waals surface area contributed by atoms with E-state index in [9.17, 15) is 4.79 Å². The summed E-state index contributed by atoms with van der Waals surface area (Å²) in [5, 5.41) is 8.38. The highest BCUT2D eigenvalue weighted by atomic mass is 16.4. The van der Waals surface area contributed by atoms with E-state index in [-0.39, 0.29) is 27.9 Å². The van der Waals surface area contributed by atoms with Crippen LogP contribution in [0.1, 0.15) is 12.8 Å². The fraction of sp³-hybridized carbons (Fsp3) is 0.667. The molecule has 0 rings (SSSR count). The second-order valence-electron chi connectivity index (χ2n) is 2.39. The van der Waals surface area contributed by atoms with Gasteiger partial charge in [-0.05, 0) is 12.8 Å². The number of carboxylic acids is 1. The number of rotatable bonds is 5. The van der Waals surface area contributed by atoms with Crippen molar-refractivity contribution in [2.45, 2.75) is 18.9 Å². The lowest BCUT2D eigenvalue weighted by Gasteiger charge is -2.03. The molecule has 102 valence electrons. The summed E-state index contributed by atoms with van der Waals surface area (Å²) < 4.78 is 0. The van der Waals surface area contributed by atoms with E-state index in [2.05, 4.69) is 4.99 Å². The lowest BCUT2D eigenvalue weighted by Crippen LogP contribution is -2.30. The number of aliphatic carboxylic acids is 1. The second-order valence-corrected chi connectivity index (χ2v) is 2.39. The molecule has 0 heterocycles. The van der Waals surface area contributed by atoms with Gasteiger partial charge in [0.1, 0.15) is 6.04 Å². The van der Waals surface area contributed by atoms with E-state index in [1.807, 2.05) is 0 Å². The van der Waals surface area contributed by atoms with Gasteiger partial charge in [0, 0.05) is 6.54 Å². The Morgan fingerprint density at radius 1 is 1.19 bits per heavy atom. The van der Waals surface area contributed by atoms with Crippen LogP contribution in [0.5, 0.6) is 0 Å². The largest absolute Gasteiger partial charge is 0.480 e. The maximum Gasteiger partial charge on any atom is 0.320 e. The summed E-state index contributed by atoms with van der Waals surface area (Å²) in [7, 11) is 0. The van der Waals surface area contributed by atoms with Crippen LogP contribution < -0.4 is 17.2 Å². The number of hydrogen-bond acceptors (Lipinski definition) is 3. The molecule has 0 aromatic heterocycles. The summed E-state index contributed by atoms with van der Waals surface area (Å²) in [5.41, 5.74) is 15.3. The van der Waals surface area contributed by atoms with Crippen molar-refractivity contribution in [3.05, 3.63) is 0 Å². The number of guanidine groups is 1. The molecular weight excluding hydrogens is 224 g/mol. The van der Waals surface area contributed by atoms with Crippen molar-refractivity contribution < 1.29 is 31.8 Å². The number of aliphatic imine (C=N–C) groups is 1. The summed E-state index contributed by atoms with van der Waals surface area (Å²) in [5.74, 6) is -0.987. The van der Waals surface area contributed by atoms with Crippen LogP contribution in [0.15, 0.2) is 4.99 Å². The van der Waals surface area contributed by atoms with Gasteiger partial charge in [-0.3, -0.25) is 9.79 Å². The van der Waals surface area contributed by atoms with Crippen LogP contribution in [0.2, 0.25) is 0 Å². The predicted octanol–water partition coefficient (Wildman–Crippen LogP) is -4.85. The van der Waals surface area contributed by atoms with Gasteiger partial charge in [-0.15, -0.1) is 0 Å². The van der Waals surface area contributed by atoms with Crippen molar-refractivity contribution >= 4 is 11.9 Å². The smallest absolute Gasteiger partial charge is 0.320 e. The molecule has 10 nitrogen and oxygen atoms in total. The molecule has 0 aromatic carbocycles. The molecule has 15 N–H and O–H groups in total. The van der Waals surface area contributed by atoms with Crippen molar-refractivity contribution in [1.82, 2.24) is 0 Å². The van der Waals surface area contributed by atoms with Gasteiger partial charge in [-0.1, -0.05) is 0 Å². The summed E-state index contributed by atoms with van der Waals surface area (Å²) >= 11 is 0. The Bertz CT molecular complexity index is 184. The van der Waals surface area contributed by atoms with E-state index in [4.69, 9.17) is 22.3 Å². The Labute approximate surface area is 92.4 Å². The number of carboxylic acid groups (broad SMARTS) is 1. The molecule has 0 bridgehead atoms. The SMILES string of the molecule is NC(N)=NCCCC(N)C(=O)O.O.O.O.O. The molecule has 10 heteroatoms. The van der Waals surface area contributed by atoms with Crippen LogP contribution in [-0.2, 0) is 4.79 Å². The van der Waals surface area contributed by atoms with Crippen molar-refractivity contribution in [2.24, 2.45) is 22.2 Å². The van der Waals surface area contributed by atoms with Gasteiger partial charge >= 0.3 is 5.97 Å². The van der Waals surface area contributed by atoms with E-state index < -0.39 is 12.0 Å². The molecular formula is C6H22N4O6. The Morgan fingerprint density at radius 3 is 1.94 bits per heavy atom. The van der Waals surface area contributed by atoms with Crippen molar-refractivity contribution in [1.29, 1.82) is 0 Å². The Hall–Kier alpha value is -1.46. The lowest BCUT2D eigenvalue weighted by molar-refractivity contribution is -0.138. The zero-order valence-electron chi connectivity index (χ0n) is 8.73. The van der Waals surface area contributed by atoms with Gasteiger partial charge in [0.05, 0.1) is 0 Å². The average Bonchev–Trinajstić information content (AvgIpc) is 1.97. The third-order valence-corrected chi connectivity index (χ3v) is 1.28. The molecule has 0 saturated heterocycles. The van der Waals surface area contributed by atoms with Gasteiger partial charge in [-0.25, -0.2) is 0 Å². The summed E-state index contributed by atoms with van der Waals surface area (Å²) in [6, 6.07) is -0.820. The minimum atomic E-state index is -1.00. The molecule has 1 unspecified atom stereocenters. The van der Waals surface area contributed by atoms with E-state index in [0.29, 0.717) is 19.4 Å². The third-order valence-electron chi connectivity index (χ3n) is 1.28. The lowest BCUT2D eigenvalue weighted by atomic mass is 10.2. The molecule has 0 fully saturated rings. The molecule has 16 heavy (non-hydrogen) atoms. The monoisotopic (exact) mass is 246 g/mol. The zero-order chi connectivity index (χ0) is 9.56. The number of nitrogens with zero attached hydrogens (tertiary/aromatic N) is 1. The van der Waals surface area contributed by atoms with Crippen LogP contribution in [0.25, 0.3) is 0 Å². The van der Waals surface area contributed by atoms with Crippen LogP contribution in [0.3, 0.4) is 0 Å². The standard InChI is InChI=1S/C6H14N4O2.4H2O/c7-4(5(11)12)2-1-3-10-6(8)9;;;;/h4H,1-3,7H2,(H,11,12)(H4,8,9,10);4*1H2. The van der Waals surface area contributed by atoms with Crippen molar-refractivity contribution in [3.63, 3.8) is 0 Å². The first-order valence-corrected chi connectivity index (χ1v) is 3.58. The van der Waals surface area contributed by atoms with Crippen molar-refractivity contribution in [3.8, 4) is 0 Å². The van der Waals surface area contributed by atoms with E-state index in [1.54, 1.807) is 0 Å². The highest BCUT2D eigenvalue weighted by Crippen LogP contribution is 1.94. The molecule has 1 atom stereocenters. The highest BCUT2D eigenvalue weighted by Gasteiger charge is 2.09. The van der Waals surface area contributed by atoms with Crippen LogP contribution in [0.4, 0.5) is 0 Å². The average molecular weight is 246 g/mol. The summed E-state index contributed by atoms with van der Waals surface area (Å²) in [4.78, 5) is 13.9. The van der Waals surface area contributed by atoms with Crippen LogP contribution in [0, 0.1) is 0 Å². The molecule has 0 aliphatic rings. The molecule has 0 radical (unpaired) electrons. The fourth-order valence-electron chi connectivity index (χ4n) is 0.643. The minimum absolute atomic E-state index is 0. The molecule has 0 aliphatic heterocycles. The Kier molecular flexibility index (Phi) is 29.3. The topological polar surface area (TPSA) is 254 Å². The van der Waals surface area contributed by atoms with Gasteiger partial charge in [-0.2, -0.15) is 0 Å². The van der Waals surface area contributed by atoms with E-state index in [0.717, 1.165) is 0 Å². The Balaban J connectivity index is -0.000000101. The van der Waals surface area contributed by atoms with Crippen LogP contribution in [-0.4, -0.2) is 51.5 Å². The van der Waals surface area contributed by atoms with Gasteiger partial charge in [0.15, 0.2) is 5.96 Å². The van der Waals surface area contributed by atoms with Gasteiger partial charge in [0.25, 0.3) is 0 Å². The molecule has 0 spiro atoms. The first kappa shape index (κ1) is 29.3. The first-order chi connectivity index (χ1) is 5.54. The van der Waals surface area contributed by atoms with E-state index >= 15 is 0 Å². The molecule has 0 amide bonds. The second kappa shape index (κ2) is 16.0. The highest BCUT2D eigenvalue weighted by molar-refractivity contribution is 5.75. The van der Waals surface area contributed by atoms with Crippen molar-refractivity contribution in [2.75, 3.05) is 6.54 Å². The third kappa shape index (κ3) is 18.3. The molecule has 0 aliphatic carbocycles. The number of hydrogen-bond donors (Lipinski definition) is 4. The molecule has 0 aromatic rings. The van der Waals surface area contributed by atoms with Gasteiger partial charge < -0.3 is 44.2 Å². The van der Waals surface area contributed by atoms with Gasteiger partial charge in [0.2, 0.25) is 0 Å². The Morgan fingerprint density at radius 2 is 1.62 bits per heavy atom. The minimum Gasteiger partial charge on any atom is -0.480 e. The number of nitrogens with two attached hydrogens (primary N) is 3. The molecule has 0 saturated carbocycles. The first-order valence-electron chi connectivity index (χ1n) is 3.58. The quantitative estimate of drug-likeness (QED) is 0.210. The maximum absolute atomic E-state index is 10.2. The predicted molar refractivity (Wildman–Crippen MR) is 60.0 cm³/mol. The summed E-state index contributed by atoms with van der Waals surface area (Å²) in [6.07, 6.45) is 0.956. The van der Waals surface area contributed by atoms with E-state index in [1.165, 1.54) is 0 Å². The maximum atomic E-state index is 10.2. The zero-order valence-corrected chi connectivity index (χ0v) is 8.73.